The van der Waals surface area contributed by atoms with Gasteiger partial charge in [0.15, 0.2) is 18.7 Å². The Balaban J connectivity index is 1.48. The van der Waals surface area contributed by atoms with E-state index in [1.54, 1.807) is 0 Å². The van der Waals surface area contributed by atoms with E-state index >= 15 is 0 Å². The largest absolute Gasteiger partial charge is 0.370 e. The number of fused-ring (bicyclic) bond motifs is 2. The highest BCUT2D eigenvalue weighted by atomic mass is 16.7. The summed E-state index contributed by atoms with van der Waals surface area (Å²) in [5, 5.41) is 15.8. The summed E-state index contributed by atoms with van der Waals surface area (Å²) in [7, 11) is 0. The first kappa shape index (κ1) is 29.2. The van der Waals surface area contributed by atoms with Gasteiger partial charge in [-0.3, -0.25) is 10.1 Å². The van der Waals surface area contributed by atoms with Crippen molar-refractivity contribution >= 4 is 0 Å². The van der Waals surface area contributed by atoms with Gasteiger partial charge in [-0.2, -0.15) is 0 Å². The van der Waals surface area contributed by atoms with Gasteiger partial charge in [-0.05, 0) is 23.1 Å². The smallest absolute Gasteiger partial charge is 0.246 e. The molecule has 3 heterocycles. The molecule has 41 heavy (non-hydrogen) atoms. The van der Waals surface area contributed by atoms with Crippen LogP contribution < -0.4 is 0 Å². The minimum atomic E-state index is -1.03. The third kappa shape index (κ3) is 7.49. The second-order valence-electron chi connectivity index (χ2n) is 10.2. The number of allylic oxidation sites excluding steroid dienone is 1. The third-order valence-electron chi connectivity index (χ3n) is 7.50. The molecule has 0 aliphatic carbocycles. The molecule has 2 aromatic carbocycles. The van der Waals surface area contributed by atoms with Gasteiger partial charge in [0.05, 0.1) is 45.2 Å². The molecule has 0 N–H and O–H groups in total. The van der Waals surface area contributed by atoms with Crippen LogP contribution >= 0.6 is 0 Å². The summed E-state index contributed by atoms with van der Waals surface area (Å²) >= 11 is 0. The third-order valence-corrected chi connectivity index (χ3v) is 7.50. The van der Waals surface area contributed by atoms with Crippen molar-refractivity contribution in [1.82, 2.24) is 0 Å². The number of azide groups is 1. The molecule has 2 fully saturated rings. The summed E-state index contributed by atoms with van der Waals surface area (Å²) < 4.78 is 37.4. The van der Waals surface area contributed by atoms with Gasteiger partial charge in [0.25, 0.3) is 0 Å². The molecular weight excluding hydrogens is 532 g/mol. The number of ether oxygens (including phenoxy) is 6. The van der Waals surface area contributed by atoms with E-state index in [0.29, 0.717) is 13.0 Å². The molecule has 0 bridgehead atoms. The average molecular weight is 567 g/mol. The Hall–Kier alpha value is -3.35. The van der Waals surface area contributed by atoms with Crippen molar-refractivity contribution in [3.05, 3.63) is 104 Å². The highest BCUT2D eigenvalue weighted by molar-refractivity contribution is 5.15. The maximum absolute atomic E-state index is 12.0. The van der Waals surface area contributed by atoms with Crippen molar-refractivity contribution in [2.45, 2.75) is 69.1 Å². The summed E-state index contributed by atoms with van der Waals surface area (Å²) in [5.41, 5.74) is 11.1. The van der Waals surface area contributed by atoms with Gasteiger partial charge < -0.3 is 28.4 Å². The van der Waals surface area contributed by atoms with Gasteiger partial charge in [-0.1, -0.05) is 77.9 Å². The zero-order valence-electron chi connectivity index (χ0n) is 22.6. The highest BCUT2D eigenvalue weighted by Crippen LogP contribution is 2.37. The van der Waals surface area contributed by atoms with Crippen molar-refractivity contribution in [2.24, 2.45) is 11.0 Å². The van der Waals surface area contributed by atoms with E-state index < -0.39 is 49.0 Å². The Labute approximate surface area is 237 Å². The lowest BCUT2D eigenvalue weighted by molar-refractivity contribution is -0.554. The van der Waals surface area contributed by atoms with Crippen LogP contribution in [0, 0.1) is 16.0 Å². The van der Waals surface area contributed by atoms with Crippen LogP contribution in [0.25, 0.3) is 10.4 Å². The van der Waals surface area contributed by atoms with Gasteiger partial charge in [0.1, 0.15) is 6.10 Å². The Bertz CT molecular complexity index is 1200. The number of hydrogen-bond donors (Lipinski definition) is 0. The first-order valence-corrected chi connectivity index (χ1v) is 13.8. The standard InChI is InChI=1S/C29H34N4O8/c30-32-31-17-24-27(39-19-21-11-5-2-6-12-21)25(38-18-20-9-3-1-4-10-20)22-13-7-8-15-36-29-26(41-28(22)40-24)23(33(34)35)14-16-37-29/h1-12,22-29H,13-19H2/b8-7+/t22-,23+,24-,25-,26-,27-,28?,29-/m1/s1. The highest BCUT2D eigenvalue weighted by Gasteiger charge is 2.52. The topological polar surface area (TPSA) is 147 Å². The van der Waals surface area contributed by atoms with Crippen LogP contribution in [0.4, 0.5) is 0 Å². The van der Waals surface area contributed by atoms with Crippen LogP contribution in [0.15, 0.2) is 77.9 Å². The lowest BCUT2D eigenvalue weighted by Crippen LogP contribution is -2.61. The molecule has 0 saturated carbocycles. The fraction of sp³-hybridized carbons (Fsp3) is 0.517. The van der Waals surface area contributed by atoms with E-state index in [4.69, 9.17) is 34.0 Å². The molecule has 5 rings (SSSR count). The minimum absolute atomic E-state index is 0.0384. The first-order valence-electron chi connectivity index (χ1n) is 13.8. The maximum atomic E-state index is 12.0. The number of nitro groups is 1. The first-order chi connectivity index (χ1) is 20.1. The van der Waals surface area contributed by atoms with Gasteiger partial charge in [0, 0.05) is 22.2 Å². The summed E-state index contributed by atoms with van der Waals surface area (Å²) in [6.07, 6.45) is -0.302. The predicted molar refractivity (Wildman–Crippen MR) is 146 cm³/mol. The van der Waals surface area contributed by atoms with Gasteiger partial charge >= 0.3 is 0 Å². The molecule has 2 saturated heterocycles. The van der Waals surface area contributed by atoms with Gasteiger partial charge in [-0.15, -0.1) is 0 Å². The quantitative estimate of drug-likeness (QED) is 0.107. The monoisotopic (exact) mass is 566 g/mol. The van der Waals surface area contributed by atoms with E-state index in [2.05, 4.69) is 10.0 Å². The lowest BCUT2D eigenvalue weighted by Gasteiger charge is -2.47. The Morgan fingerprint density at radius 3 is 2.27 bits per heavy atom. The van der Waals surface area contributed by atoms with E-state index in [9.17, 15) is 10.1 Å². The zero-order chi connectivity index (χ0) is 28.4. The second-order valence-corrected chi connectivity index (χ2v) is 10.2. The van der Waals surface area contributed by atoms with Crippen LogP contribution in [0.3, 0.4) is 0 Å². The van der Waals surface area contributed by atoms with Crippen molar-refractivity contribution in [3.63, 3.8) is 0 Å². The molecule has 12 nitrogen and oxygen atoms in total. The lowest BCUT2D eigenvalue weighted by atomic mass is 9.87. The Morgan fingerprint density at radius 2 is 1.61 bits per heavy atom. The molecule has 1 unspecified atom stereocenters. The van der Waals surface area contributed by atoms with Crippen LogP contribution in [-0.4, -0.2) is 67.7 Å². The molecule has 0 aromatic heterocycles. The molecule has 0 spiro atoms. The van der Waals surface area contributed by atoms with Crippen molar-refractivity contribution < 1.29 is 33.3 Å². The molecule has 218 valence electrons. The Kier molecular flexibility index (Phi) is 10.3. The van der Waals surface area contributed by atoms with E-state index in [1.807, 2.05) is 72.8 Å². The molecule has 0 amide bonds. The number of rotatable bonds is 9. The summed E-state index contributed by atoms with van der Waals surface area (Å²) in [4.78, 5) is 14.6. The molecule has 3 aliphatic rings. The van der Waals surface area contributed by atoms with Crippen LogP contribution in [0.5, 0.6) is 0 Å². The molecule has 12 heteroatoms. The molecule has 3 aliphatic heterocycles. The van der Waals surface area contributed by atoms with Crippen LogP contribution in [-0.2, 0) is 41.6 Å². The summed E-state index contributed by atoms with van der Waals surface area (Å²) in [6, 6.07) is 18.5. The summed E-state index contributed by atoms with van der Waals surface area (Å²) in [5.74, 6) is -0.397. The van der Waals surface area contributed by atoms with Crippen molar-refractivity contribution in [3.8, 4) is 0 Å². The number of hydrogen-bond acceptors (Lipinski definition) is 9. The van der Waals surface area contributed by atoms with Crippen LogP contribution in [0.1, 0.15) is 24.0 Å². The van der Waals surface area contributed by atoms with Crippen molar-refractivity contribution in [2.75, 3.05) is 19.8 Å². The van der Waals surface area contributed by atoms with E-state index in [1.165, 1.54) is 0 Å². The Morgan fingerprint density at radius 1 is 0.927 bits per heavy atom. The molecule has 8 atom stereocenters. The molecule has 0 radical (unpaired) electrons. The summed E-state index contributed by atoms with van der Waals surface area (Å²) in [6.45, 7) is 0.955. The maximum Gasteiger partial charge on any atom is 0.246 e. The predicted octanol–water partition coefficient (Wildman–Crippen LogP) is 4.56. The molecule has 2 aromatic rings. The normalized spacial score (nSPS) is 32.5. The van der Waals surface area contributed by atoms with Gasteiger partial charge in [0.2, 0.25) is 6.04 Å². The fourth-order valence-electron chi connectivity index (χ4n) is 5.45. The number of benzene rings is 2. The van der Waals surface area contributed by atoms with Gasteiger partial charge in [-0.25, -0.2) is 0 Å². The van der Waals surface area contributed by atoms with E-state index in [0.717, 1.165) is 11.1 Å². The van der Waals surface area contributed by atoms with Crippen molar-refractivity contribution in [1.29, 1.82) is 0 Å². The number of nitrogens with zero attached hydrogens (tertiary/aromatic N) is 4. The zero-order valence-corrected chi connectivity index (χ0v) is 22.6. The van der Waals surface area contributed by atoms with Crippen LogP contribution in [0.2, 0.25) is 0 Å². The fourth-order valence-corrected chi connectivity index (χ4v) is 5.45. The second kappa shape index (κ2) is 14.5. The van der Waals surface area contributed by atoms with E-state index in [-0.39, 0.29) is 37.7 Å². The average Bonchev–Trinajstić information content (AvgIpc) is 3.00. The SMILES string of the molecule is [N-]=[N+]=NC[C@H]1OC2O[C@H]3[C@H](OC/C=C/C[C@@H]2[C@@H](OCc2ccccc2)[C@@H]1OCc1ccccc1)OCC[C@@H]3[N+](=O)[O-]. The molecular formula is C29H34N4O8. The minimum Gasteiger partial charge on any atom is -0.370 e.